The molecule has 11 heavy (non-hydrogen) atoms. The smallest absolute Gasteiger partial charge is 0.00856 e. The first-order chi connectivity index (χ1) is 5.18. The number of thioether (sulfide) groups is 1. The Morgan fingerprint density at radius 2 is 2.00 bits per heavy atom. The van der Waals surface area contributed by atoms with Crippen LogP contribution in [0.25, 0.3) is 0 Å². The molecule has 0 heterocycles. The molecule has 0 aliphatic carbocycles. The maximum absolute atomic E-state index is 3.59. The van der Waals surface area contributed by atoms with Crippen molar-refractivity contribution in [2.75, 3.05) is 17.3 Å². The van der Waals surface area contributed by atoms with Crippen LogP contribution in [-0.2, 0) is 0 Å². The first-order valence-corrected chi connectivity index (χ1v) is 6.75. The molecule has 0 saturated heterocycles. The average molecular weight is 239 g/mol. The molecule has 0 amide bonds. The highest BCUT2D eigenvalue weighted by Crippen LogP contribution is 2.30. The molecule has 0 aliphatic rings. The zero-order valence-electron chi connectivity index (χ0n) is 7.82. The molecule has 0 rings (SSSR count). The molecular formula is C9H19BrS. The van der Waals surface area contributed by atoms with E-state index in [2.05, 4.69) is 36.0 Å². The Bertz CT molecular complexity index is 95.6. The van der Waals surface area contributed by atoms with E-state index in [1.54, 1.807) is 0 Å². The van der Waals surface area contributed by atoms with Crippen molar-refractivity contribution >= 4 is 27.7 Å². The highest BCUT2D eigenvalue weighted by atomic mass is 79.9. The van der Waals surface area contributed by atoms with Gasteiger partial charge in [0.25, 0.3) is 0 Å². The molecule has 0 nitrogen and oxygen atoms in total. The summed E-state index contributed by atoms with van der Waals surface area (Å²) in [5.74, 6) is 1.29. The van der Waals surface area contributed by atoms with Gasteiger partial charge in [0.2, 0.25) is 0 Å². The van der Waals surface area contributed by atoms with E-state index in [0.717, 1.165) is 5.33 Å². The SMILES string of the molecule is CCCC(C)(CBr)CCSC. The molecule has 0 spiro atoms. The van der Waals surface area contributed by atoms with E-state index >= 15 is 0 Å². The lowest BCUT2D eigenvalue weighted by Gasteiger charge is -2.26. The van der Waals surface area contributed by atoms with Crippen molar-refractivity contribution in [3.05, 3.63) is 0 Å². The first-order valence-electron chi connectivity index (χ1n) is 4.23. The molecule has 1 unspecified atom stereocenters. The highest BCUT2D eigenvalue weighted by molar-refractivity contribution is 9.09. The Hall–Kier alpha value is 0.830. The van der Waals surface area contributed by atoms with E-state index in [0.29, 0.717) is 5.41 Å². The van der Waals surface area contributed by atoms with Gasteiger partial charge in [-0.15, -0.1) is 0 Å². The van der Waals surface area contributed by atoms with Crippen LogP contribution in [0.5, 0.6) is 0 Å². The molecule has 68 valence electrons. The van der Waals surface area contributed by atoms with Gasteiger partial charge in [-0.05, 0) is 30.3 Å². The van der Waals surface area contributed by atoms with E-state index in [9.17, 15) is 0 Å². The summed E-state index contributed by atoms with van der Waals surface area (Å²) in [6, 6.07) is 0. The van der Waals surface area contributed by atoms with Crippen LogP contribution < -0.4 is 0 Å². The van der Waals surface area contributed by atoms with Crippen molar-refractivity contribution in [3.8, 4) is 0 Å². The maximum Gasteiger partial charge on any atom is 0.00856 e. The number of halogens is 1. The second-order valence-electron chi connectivity index (χ2n) is 3.44. The summed E-state index contributed by atoms with van der Waals surface area (Å²) in [6.07, 6.45) is 6.17. The van der Waals surface area contributed by atoms with Crippen molar-refractivity contribution in [2.24, 2.45) is 5.41 Å². The van der Waals surface area contributed by atoms with Crippen LogP contribution in [-0.4, -0.2) is 17.3 Å². The molecule has 0 N–H and O–H groups in total. The van der Waals surface area contributed by atoms with Crippen LogP contribution in [0, 0.1) is 5.41 Å². The topological polar surface area (TPSA) is 0 Å². The van der Waals surface area contributed by atoms with Crippen LogP contribution in [0.4, 0.5) is 0 Å². The second-order valence-corrected chi connectivity index (χ2v) is 4.98. The van der Waals surface area contributed by atoms with Gasteiger partial charge in [0.05, 0.1) is 0 Å². The summed E-state index contributed by atoms with van der Waals surface area (Å²) in [5, 5.41) is 1.15. The largest absolute Gasteiger partial charge is 0.165 e. The fraction of sp³-hybridized carbons (Fsp3) is 1.00. The number of rotatable bonds is 6. The minimum atomic E-state index is 0.539. The molecule has 0 saturated carbocycles. The van der Waals surface area contributed by atoms with Crippen molar-refractivity contribution in [1.82, 2.24) is 0 Å². The van der Waals surface area contributed by atoms with Crippen LogP contribution in [0.2, 0.25) is 0 Å². The minimum absolute atomic E-state index is 0.539. The summed E-state index contributed by atoms with van der Waals surface area (Å²) in [5.41, 5.74) is 0.539. The van der Waals surface area contributed by atoms with Crippen LogP contribution in [0.3, 0.4) is 0 Å². The van der Waals surface area contributed by atoms with Gasteiger partial charge in [0.15, 0.2) is 0 Å². The lowest BCUT2D eigenvalue weighted by molar-refractivity contribution is 0.333. The lowest BCUT2D eigenvalue weighted by atomic mass is 9.85. The molecule has 0 fully saturated rings. The Morgan fingerprint density at radius 1 is 1.36 bits per heavy atom. The summed E-state index contributed by atoms with van der Waals surface area (Å²) >= 11 is 5.54. The fourth-order valence-corrected chi connectivity index (χ4v) is 2.47. The molecule has 1 atom stereocenters. The van der Waals surface area contributed by atoms with E-state index in [-0.39, 0.29) is 0 Å². The van der Waals surface area contributed by atoms with Crippen molar-refractivity contribution in [2.45, 2.75) is 33.1 Å². The molecule has 2 heteroatoms. The number of alkyl halides is 1. The second kappa shape index (κ2) is 6.36. The third kappa shape index (κ3) is 5.13. The lowest BCUT2D eigenvalue weighted by Crippen LogP contribution is -2.18. The molecule has 0 radical (unpaired) electrons. The monoisotopic (exact) mass is 238 g/mol. The van der Waals surface area contributed by atoms with Crippen molar-refractivity contribution in [3.63, 3.8) is 0 Å². The van der Waals surface area contributed by atoms with Gasteiger partial charge in [-0.1, -0.05) is 36.2 Å². The quantitative estimate of drug-likeness (QED) is 0.632. The molecule has 0 aliphatic heterocycles. The predicted octanol–water partition coefficient (Wildman–Crippen LogP) is 3.94. The van der Waals surface area contributed by atoms with Gasteiger partial charge in [0, 0.05) is 5.33 Å². The summed E-state index contributed by atoms with van der Waals surface area (Å²) in [6.45, 7) is 4.64. The molecular weight excluding hydrogens is 220 g/mol. The third-order valence-corrected chi connectivity index (χ3v) is 4.05. The van der Waals surface area contributed by atoms with Crippen LogP contribution in [0.15, 0.2) is 0 Å². The molecule has 0 aromatic rings. The average Bonchev–Trinajstić information content (AvgIpc) is 2.02. The molecule has 0 aromatic carbocycles. The van der Waals surface area contributed by atoms with Crippen LogP contribution >= 0.6 is 27.7 Å². The highest BCUT2D eigenvalue weighted by Gasteiger charge is 2.20. The summed E-state index contributed by atoms with van der Waals surface area (Å²) in [7, 11) is 0. The third-order valence-electron chi connectivity index (χ3n) is 2.09. The van der Waals surface area contributed by atoms with Gasteiger partial charge in [-0.3, -0.25) is 0 Å². The van der Waals surface area contributed by atoms with E-state index < -0.39 is 0 Å². The van der Waals surface area contributed by atoms with Crippen LogP contribution in [0.1, 0.15) is 33.1 Å². The van der Waals surface area contributed by atoms with Gasteiger partial charge >= 0.3 is 0 Å². The normalized spacial score (nSPS) is 16.4. The van der Waals surface area contributed by atoms with Crippen molar-refractivity contribution in [1.29, 1.82) is 0 Å². The minimum Gasteiger partial charge on any atom is -0.165 e. The first kappa shape index (κ1) is 11.8. The Labute approximate surface area is 83.6 Å². The predicted molar refractivity (Wildman–Crippen MR) is 59.8 cm³/mol. The van der Waals surface area contributed by atoms with Gasteiger partial charge < -0.3 is 0 Å². The summed E-state index contributed by atoms with van der Waals surface area (Å²) < 4.78 is 0. The Balaban J connectivity index is 3.68. The standard InChI is InChI=1S/C9H19BrS/c1-4-5-9(2,8-10)6-7-11-3/h4-8H2,1-3H3. The van der Waals surface area contributed by atoms with Gasteiger partial charge in [-0.2, -0.15) is 11.8 Å². The Kier molecular flexibility index (Phi) is 6.84. The molecule has 0 aromatic heterocycles. The zero-order valence-corrected chi connectivity index (χ0v) is 10.2. The van der Waals surface area contributed by atoms with E-state index in [4.69, 9.17) is 0 Å². The van der Waals surface area contributed by atoms with Crippen molar-refractivity contribution < 1.29 is 0 Å². The van der Waals surface area contributed by atoms with Gasteiger partial charge in [-0.25, -0.2) is 0 Å². The maximum atomic E-state index is 3.59. The number of hydrogen-bond acceptors (Lipinski definition) is 1. The Morgan fingerprint density at radius 3 is 2.36 bits per heavy atom. The van der Waals surface area contributed by atoms with E-state index in [1.807, 2.05) is 11.8 Å². The molecule has 0 bridgehead atoms. The van der Waals surface area contributed by atoms with Gasteiger partial charge in [0.1, 0.15) is 0 Å². The number of hydrogen-bond donors (Lipinski definition) is 0. The zero-order chi connectivity index (χ0) is 8.74. The summed E-state index contributed by atoms with van der Waals surface area (Å²) in [4.78, 5) is 0. The fourth-order valence-electron chi connectivity index (χ4n) is 1.21. The van der Waals surface area contributed by atoms with E-state index in [1.165, 1.54) is 25.0 Å².